The summed E-state index contributed by atoms with van der Waals surface area (Å²) in [6.07, 6.45) is 2.52. The minimum atomic E-state index is -0.371. The van der Waals surface area contributed by atoms with Crippen LogP contribution in [-0.4, -0.2) is 27.9 Å². The molecule has 0 bridgehead atoms. The van der Waals surface area contributed by atoms with E-state index in [1.807, 2.05) is 38.1 Å². The number of aromatic nitrogens is 1. The number of nitrogens with one attached hydrogen (secondary N) is 1. The lowest BCUT2D eigenvalue weighted by molar-refractivity contribution is 0.102. The molecule has 1 aromatic carbocycles. The molecule has 142 valence electrons. The smallest absolute Gasteiger partial charge is 0.274 e. The number of nitrogens with zero attached hydrogens (tertiary/aromatic N) is 2. The van der Waals surface area contributed by atoms with E-state index >= 15 is 0 Å². The second kappa shape index (κ2) is 8.00. The summed E-state index contributed by atoms with van der Waals surface area (Å²) in [5, 5.41) is 3.50. The number of carbonyl (C=O) groups is 1. The lowest BCUT2D eigenvalue weighted by Crippen LogP contribution is -2.28. The van der Waals surface area contributed by atoms with Gasteiger partial charge in [-0.1, -0.05) is 23.9 Å². The Labute approximate surface area is 163 Å². The van der Waals surface area contributed by atoms with Crippen molar-refractivity contribution >= 4 is 28.5 Å². The van der Waals surface area contributed by atoms with Crippen LogP contribution in [0, 0.1) is 0 Å². The number of amidine groups is 1. The highest BCUT2D eigenvalue weighted by atomic mass is 32.2. The molecule has 1 aliphatic heterocycles. The van der Waals surface area contributed by atoms with Gasteiger partial charge in [-0.3, -0.25) is 9.79 Å². The van der Waals surface area contributed by atoms with Gasteiger partial charge < -0.3 is 15.8 Å². The summed E-state index contributed by atoms with van der Waals surface area (Å²) < 4.78 is 5.55. The molecule has 1 amide bonds. The average Bonchev–Trinajstić information content (AvgIpc) is 2.62. The van der Waals surface area contributed by atoms with Crippen LogP contribution in [0.2, 0.25) is 0 Å². The third kappa shape index (κ3) is 4.80. The number of ether oxygens (including phenoxy) is 1. The van der Waals surface area contributed by atoms with Gasteiger partial charge >= 0.3 is 0 Å². The number of benzene rings is 1. The van der Waals surface area contributed by atoms with Gasteiger partial charge in [-0.15, -0.1) is 0 Å². The molecule has 27 heavy (non-hydrogen) atoms. The summed E-state index contributed by atoms with van der Waals surface area (Å²) in [6.45, 7) is 5.95. The van der Waals surface area contributed by atoms with E-state index in [4.69, 9.17) is 10.5 Å². The Morgan fingerprint density at radius 2 is 2.15 bits per heavy atom. The van der Waals surface area contributed by atoms with E-state index in [2.05, 4.69) is 22.2 Å². The van der Waals surface area contributed by atoms with Gasteiger partial charge in [-0.05, 0) is 57.0 Å². The van der Waals surface area contributed by atoms with E-state index in [-0.39, 0.29) is 17.6 Å². The highest BCUT2D eigenvalue weighted by Gasteiger charge is 2.29. The number of aliphatic imine (C=N–C) groups is 1. The van der Waals surface area contributed by atoms with Gasteiger partial charge in [0.15, 0.2) is 5.17 Å². The molecule has 3 N–H and O–H groups in total. The quantitative estimate of drug-likeness (QED) is 0.819. The van der Waals surface area contributed by atoms with Crippen LogP contribution in [0.25, 0.3) is 0 Å². The van der Waals surface area contributed by atoms with Gasteiger partial charge in [-0.2, -0.15) is 0 Å². The number of hydrogen-bond donors (Lipinski definition) is 2. The van der Waals surface area contributed by atoms with Crippen molar-refractivity contribution in [1.82, 2.24) is 4.98 Å². The highest BCUT2D eigenvalue weighted by molar-refractivity contribution is 8.13. The molecule has 2 aromatic rings. The first kappa shape index (κ1) is 19.2. The molecular weight excluding hydrogens is 360 g/mol. The molecule has 0 radical (unpaired) electrons. The fourth-order valence-electron chi connectivity index (χ4n) is 2.88. The Bertz CT molecular complexity index is 851. The van der Waals surface area contributed by atoms with Crippen LogP contribution in [0.4, 0.5) is 5.69 Å². The number of hydrogen-bond acceptors (Lipinski definition) is 6. The molecule has 1 atom stereocenters. The molecule has 0 saturated heterocycles. The normalized spacial score (nSPS) is 19.5. The van der Waals surface area contributed by atoms with Crippen LogP contribution in [0.15, 0.2) is 47.6 Å². The van der Waals surface area contributed by atoms with E-state index in [1.54, 1.807) is 30.1 Å². The van der Waals surface area contributed by atoms with Crippen LogP contribution < -0.4 is 15.8 Å². The van der Waals surface area contributed by atoms with Crippen LogP contribution in [-0.2, 0) is 5.54 Å². The summed E-state index contributed by atoms with van der Waals surface area (Å²) in [7, 11) is 0. The fraction of sp³-hybridized carbons (Fsp3) is 0.350. The van der Waals surface area contributed by atoms with Crippen LogP contribution >= 0.6 is 11.8 Å². The standard InChI is InChI=1S/C20H24N4O2S/c1-13(2)26-16-7-8-17(22-12-16)18(25)23-15-6-4-5-14(11-15)20(3)9-10-27-19(21)24-20/h4-8,11-13H,9-10H2,1-3H3,(H2,21,24)(H,23,25). The number of pyridine rings is 1. The fourth-order valence-corrected chi connectivity index (χ4v) is 3.85. The highest BCUT2D eigenvalue weighted by Crippen LogP contribution is 2.35. The van der Waals surface area contributed by atoms with Crippen molar-refractivity contribution in [3.05, 3.63) is 53.9 Å². The number of amides is 1. The maximum absolute atomic E-state index is 12.5. The van der Waals surface area contributed by atoms with Crippen molar-refractivity contribution in [3.63, 3.8) is 0 Å². The van der Waals surface area contributed by atoms with Gasteiger partial charge in [0.2, 0.25) is 0 Å². The summed E-state index contributed by atoms with van der Waals surface area (Å²) in [5.74, 6) is 1.30. The SMILES string of the molecule is CC(C)Oc1ccc(C(=O)Nc2cccc(C3(C)CCSC(N)=N3)c2)nc1. The minimum absolute atomic E-state index is 0.0606. The second-order valence-electron chi connectivity index (χ2n) is 6.90. The zero-order valence-electron chi connectivity index (χ0n) is 15.7. The minimum Gasteiger partial charge on any atom is -0.489 e. The third-order valence-corrected chi connectivity index (χ3v) is 5.07. The Balaban J connectivity index is 1.74. The molecule has 6 nitrogen and oxygen atoms in total. The first-order valence-corrected chi connectivity index (χ1v) is 9.87. The van der Waals surface area contributed by atoms with Crippen molar-refractivity contribution in [1.29, 1.82) is 0 Å². The van der Waals surface area contributed by atoms with Crippen molar-refractivity contribution < 1.29 is 9.53 Å². The molecule has 1 unspecified atom stereocenters. The number of carbonyl (C=O) groups excluding carboxylic acids is 1. The molecule has 0 saturated carbocycles. The number of thioether (sulfide) groups is 1. The lowest BCUT2D eigenvalue weighted by atomic mass is 9.89. The summed E-state index contributed by atoms with van der Waals surface area (Å²) in [4.78, 5) is 21.3. The van der Waals surface area contributed by atoms with Crippen molar-refractivity contribution in [2.45, 2.75) is 38.8 Å². The number of rotatable bonds is 5. The first-order valence-electron chi connectivity index (χ1n) is 8.88. The second-order valence-corrected chi connectivity index (χ2v) is 8.02. The van der Waals surface area contributed by atoms with E-state index < -0.39 is 0 Å². The Hall–Kier alpha value is -2.54. The molecule has 3 rings (SSSR count). The Kier molecular flexibility index (Phi) is 5.70. The predicted molar refractivity (Wildman–Crippen MR) is 110 cm³/mol. The summed E-state index contributed by atoms with van der Waals surface area (Å²) in [5.41, 5.74) is 7.60. The van der Waals surface area contributed by atoms with Crippen LogP contribution in [0.5, 0.6) is 5.75 Å². The van der Waals surface area contributed by atoms with Crippen molar-refractivity contribution in [2.24, 2.45) is 10.7 Å². The molecule has 1 aliphatic rings. The monoisotopic (exact) mass is 384 g/mol. The van der Waals surface area contributed by atoms with E-state index in [9.17, 15) is 4.79 Å². The number of nitrogens with two attached hydrogens (primary N) is 1. The van der Waals surface area contributed by atoms with Gasteiger partial charge in [0.05, 0.1) is 17.8 Å². The molecule has 0 aliphatic carbocycles. The molecule has 1 aromatic heterocycles. The summed E-state index contributed by atoms with van der Waals surface area (Å²) in [6, 6.07) is 11.1. The maximum atomic E-state index is 12.5. The molecule has 0 spiro atoms. The molecule has 7 heteroatoms. The van der Waals surface area contributed by atoms with Gasteiger partial charge in [0.1, 0.15) is 11.4 Å². The Morgan fingerprint density at radius 1 is 1.33 bits per heavy atom. The molecule has 2 heterocycles. The number of anilines is 1. The van der Waals surface area contributed by atoms with Gasteiger partial charge in [0, 0.05) is 11.4 Å². The zero-order valence-corrected chi connectivity index (χ0v) is 16.5. The van der Waals surface area contributed by atoms with Gasteiger partial charge in [-0.25, -0.2) is 4.98 Å². The van der Waals surface area contributed by atoms with Crippen molar-refractivity contribution in [3.8, 4) is 5.75 Å². The lowest BCUT2D eigenvalue weighted by Gasteiger charge is -2.30. The predicted octanol–water partition coefficient (Wildman–Crippen LogP) is 3.79. The van der Waals surface area contributed by atoms with Gasteiger partial charge in [0.25, 0.3) is 5.91 Å². The topological polar surface area (TPSA) is 89.6 Å². The van der Waals surface area contributed by atoms with Crippen LogP contribution in [0.3, 0.4) is 0 Å². The van der Waals surface area contributed by atoms with Crippen molar-refractivity contribution in [2.75, 3.05) is 11.1 Å². The van der Waals surface area contributed by atoms with Crippen LogP contribution in [0.1, 0.15) is 43.2 Å². The largest absolute Gasteiger partial charge is 0.489 e. The maximum Gasteiger partial charge on any atom is 0.274 e. The molecule has 0 fully saturated rings. The summed E-state index contributed by atoms with van der Waals surface area (Å²) >= 11 is 1.57. The first-order chi connectivity index (χ1) is 12.9. The third-order valence-electron chi connectivity index (χ3n) is 4.28. The van der Waals surface area contributed by atoms with E-state index in [0.29, 0.717) is 22.3 Å². The average molecular weight is 385 g/mol. The zero-order chi connectivity index (χ0) is 19.4. The Morgan fingerprint density at radius 3 is 2.81 bits per heavy atom. The molecular formula is C20H24N4O2S. The van der Waals surface area contributed by atoms with E-state index in [0.717, 1.165) is 17.7 Å². The van der Waals surface area contributed by atoms with E-state index in [1.165, 1.54) is 0 Å².